The van der Waals surface area contributed by atoms with Gasteiger partial charge in [-0.1, -0.05) is 6.07 Å². The van der Waals surface area contributed by atoms with E-state index in [1.54, 1.807) is 25.1 Å². The largest absolute Gasteiger partial charge is 0.342 e. The van der Waals surface area contributed by atoms with E-state index >= 15 is 0 Å². The molecule has 14 heavy (non-hydrogen) atoms. The Labute approximate surface area is 79.8 Å². The van der Waals surface area contributed by atoms with Crippen molar-refractivity contribution in [3.05, 3.63) is 29.7 Å². The summed E-state index contributed by atoms with van der Waals surface area (Å²) < 4.78 is 4.80. The molecule has 0 atom stereocenters. The molecule has 0 fully saturated rings. The van der Waals surface area contributed by atoms with Crippen LogP contribution in [0.1, 0.15) is 16.2 Å². The van der Waals surface area contributed by atoms with Crippen LogP contribution in [-0.2, 0) is 0 Å². The minimum absolute atomic E-state index is 0.366. The fourth-order valence-electron chi connectivity index (χ4n) is 1.12. The molecule has 0 amide bonds. The first kappa shape index (κ1) is 8.55. The van der Waals surface area contributed by atoms with Crippen LogP contribution in [0.2, 0.25) is 0 Å². The summed E-state index contributed by atoms with van der Waals surface area (Å²) in [5, 5.41) is 7.17. The van der Waals surface area contributed by atoms with Gasteiger partial charge in [-0.15, -0.1) is 5.10 Å². The summed E-state index contributed by atoms with van der Waals surface area (Å²) in [6.07, 6.45) is 0.687. The van der Waals surface area contributed by atoms with E-state index in [4.69, 9.17) is 4.52 Å². The molecule has 2 heterocycles. The van der Waals surface area contributed by atoms with Gasteiger partial charge in [-0.05, 0) is 19.1 Å². The zero-order valence-corrected chi connectivity index (χ0v) is 7.47. The first-order chi connectivity index (χ1) is 6.81. The van der Waals surface area contributed by atoms with Crippen molar-refractivity contribution in [1.82, 2.24) is 15.4 Å². The summed E-state index contributed by atoms with van der Waals surface area (Å²) in [7, 11) is 0. The summed E-state index contributed by atoms with van der Waals surface area (Å²) in [4.78, 5) is 14.6. The number of nitrogens with zero attached hydrogens (tertiary/aromatic N) is 3. The van der Waals surface area contributed by atoms with Crippen molar-refractivity contribution >= 4 is 6.29 Å². The van der Waals surface area contributed by atoms with Crippen molar-refractivity contribution in [2.45, 2.75) is 6.92 Å². The molecule has 0 bridgehead atoms. The van der Waals surface area contributed by atoms with Gasteiger partial charge >= 0.3 is 0 Å². The van der Waals surface area contributed by atoms with E-state index in [-0.39, 0.29) is 0 Å². The normalized spacial score (nSPS) is 10.1. The van der Waals surface area contributed by atoms with Crippen LogP contribution in [-0.4, -0.2) is 21.6 Å². The third-order valence-electron chi connectivity index (χ3n) is 1.79. The number of pyridine rings is 1. The van der Waals surface area contributed by atoms with E-state index in [1.165, 1.54) is 0 Å². The highest BCUT2D eigenvalue weighted by Gasteiger charge is 2.09. The molecule has 0 aliphatic rings. The van der Waals surface area contributed by atoms with Crippen LogP contribution < -0.4 is 0 Å². The Hall–Kier alpha value is -2.04. The van der Waals surface area contributed by atoms with Gasteiger partial charge in [0.15, 0.2) is 17.7 Å². The maximum Gasteiger partial charge on any atom is 0.168 e. The quantitative estimate of drug-likeness (QED) is 0.665. The first-order valence-electron chi connectivity index (χ1n) is 4.03. The van der Waals surface area contributed by atoms with Crippen LogP contribution in [0.15, 0.2) is 22.7 Å². The molecule has 2 rings (SSSR count). The molecule has 0 unspecified atom stereocenters. The average Bonchev–Trinajstić information content (AvgIpc) is 2.65. The van der Waals surface area contributed by atoms with Crippen molar-refractivity contribution in [2.75, 3.05) is 0 Å². The van der Waals surface area contributed by atoms with Crippen LogP contribution in [0.4, 0.5) is 0 Å². The number of aldehydes is 1. The van der Waals surface area contributed by atoms with Crippen molar-refractivity contribution < 1.29 is 9.32 Å². The highest BCUT2D eigenvalue weighted by Crippen LogP contribution is 2.17. The van der Waals surface area contributed by atoms with Gasteiger partial charge < -0.3 is 4.52 Å². The van der Waals surface area contributed by atoms with Gasteiger partial charge in [0.2, 0.25) is 0 Å². The fourth-order valence-corrected chi connectivity index (χ4v) is 1.12. The van der Waals surface area contributed by atoms with Crippen molar-refractivity contribution in [3.8, 4) is 11.4 Å². The number of hydrogen-bond acceptors (Lipinski definition) is 5. The van der Waals surface area contributed by atoms with Crippen LogP contribution in [0.3, 0.4) is 0 Å². The molecular weight excluding hydrogens is 182 g/mol. The van der Waals surface area contributed by atoms with Crippen LogP contribution >= 0.6 is 0 Å². The van der Waals surface area contributed by atoms with Gasteiger partial charge in [0.05, 0.1) is 5.69 Å². The molecule has 0 aliphatic heterocycles. The Morgan fingerprint density at radius 2 is 2.29 bits per heavy atom. The zero-order chi connectivity index (χ0) is 9.97. The predicted molar refractivity (Wildman–Crippen MR) is 47.7 cm³/mol. The standard InChI is InChI=1S/C9H7N3O2/c1-6-9(11-12-14-6)8-4-2-3-7(5-13)10-8/h2-5H,1H3. The Balaban J connectivity index is 2.52. The second kappa shape index (κ2) is 3.37. The second-order valence-corrected chi connectivity index (χ2v) is 2.74. The Kier molecular flexibility index (Phi) is 2.06. The fraction of sp³-hybridized carbons (Fsp3) is 0.111. The van der Waals surface area contributed by atoms with E-state index in [9.17, 15) is 4.79 Å². The van der Waals surface area contributed by atoms with Crippen LogP contribution in [0.5, 0.6) is 0 Å². The van der Waals surface area contributed by atoms with Gasteiger partial charge in [0.25, 0.3) is 0 Å². The maximum atomic E-state index is 10.5. The second-order valence-electron chi connectivity index (χ2n) is 2.74. The summed E-state index contributed by atoms with van der Waals surface area (Å²) in [5.41, 5.74) is 1.52. The molecule has 2 aromatic heterocycles. The Morgan fingerprint density at radius 3 is 2.93 bits per heavy atom. The number of aromatic nitrogens is 3. The highest BCUT2D eigenvalue weighted by molar-refractivity contribution is 5.73. The SMILES string of the molecule is Cc1onnc1-c1cccc(C=O)n1. The topological polar surface area (TPSA) is 68.9 Å². The van der Waals surface area contributed by atoms with Crippen LogP contribution in [0, 0.1) is 6.92 Å². The lowest BCUT2D eigenvalue weighted by Gasteiger charge is -1.95. The maximum absolute atomic E-state index is 10.5. The number of carbonyl (C=O) groups is 1. The first-order valence-corrected chi connectivity index (χ1v) is 4.03. The monoisotopic (exact) mass is 189 g/mol. The van der Waals surface area contributed by atoms with E-state index in [2.05, 4.69) is 15.4 Å². The number of carbonyl (C=O) groups excluding carboxylic acids is 1. The smallest absolute Gasteiger partial charge is 0.168 e. The van der Waals surface area contributed by atoms with Crippen LogP contribution in [0.25, 0.3) is 11.4 Å². The van der Waals surface area contributed by atoms with Gasteiger partial charge in [0, 0.05) is 5.27 Å². The van der Waals surface area contributed by atoms with E-state index in [0.717, 1.165) is 0 Å². The molecule has 0 aromatic carbocycles. The van der Waals surface area contributed by atoms with E-state index in [0.29, 0.717) is 29.1 Å². The lowest BCUT2D eigenvalue weighted by molar-refractivity contribution is 0.111. The zero-order valence-electron chi connectivity index (χ0n) is 7.47. The minimum atomic E-state index is 0.366. The highest BCUT2D eigenvalue weighted by atomic mass is 16.5. The summed E-state index contributed by atoms with van der Waals surface area (Å²) in [5.74, 6) is 0.584. The van der Waals surface area contributed by atoms with E-state index in [1.807, 2.05) is 0 Å². The number of hydrogen-bond donors (Lipinski definition) is 0. The lowest BCUT2D eigenvalue weighted by Crippen LogP contribution is -1.90. The molecule has 70 valence electrons. The molecule has 5 nitrogen and oxygen atoms in total. The van der Waals surface area contributed by atoms with Gasteiger partial charge in [-0.2, -0.15) is 0 Å². The number of rotatable bonds is 2. The Bertz CT molecular complexity index is 465. The molecule has 0 radical (unpaired) electrons. The van der Waals surface area contributed by atoms with Gasteiger partial charge in [-0.3, -0.25) is 4.79 Å². The van der Waals surface area contributed by atoms with Gasteiger partial charge in [-0.25, -0.2) is 4.98 Å². The minimum Gasteiger partial charge on any atom is -0.342 e. The molecule has 2 aromatic rings. The predicted octanol–water partition coefficient (Wildman–Crippen LogP) is 1.25. The van der Waals surface area contributed by atoms with Crippen molar-refractivity contribution in [3.63, 3.8) is 0 Å². The molecular formula is C9H7N3O2. The van der Waals surface area contributed by atoms with Crippen molar-refractivity contribution in [1.29, 1.82) is 0 Å². The summed E-state index contributed by atoms with van der Waals surface area (Å²) in [6, 6.07) is 5.11. The summed E-state index contributed by atoms with van der Waals surface area (Å²) in [6.45, 7) is 1.74. The lowest BCUT2D eigenvalue weighted by atomic mass is 10.2. The molecule has 0 N–H and O–H groups in total. The Morgan fingerprint density at radius 1 is 1.43 bits per heavy atom. The molecule has 0 saturated heterocycles. The molecule has 0 saturated carbocycles. The molecule has 0 aliphatic carbocycles. The van der Waals surface area contributed by atoms with Gasteiger partial charge in [0.1, 0.15) is 5.69 Å². The molecule has 5 heteroatoms. The summed E-state index contributed by atoms with van der Waals surface area (Å²) >= 11 is 0. The molecule has 0 spiro atoms. The average molecular weight is 189 g/mol. The van der Waals surface area contributed by atoms with E-state index < -0.39 is 0 Å². The number of aryl methyl sites for hydroxylation is 1. The third-order valence-corrected chi connectivity index (χ3v) is 1.79. The van der Waals surface area contributed by atoms with Crippen molar-refractivity contribution in [2.24, 2.45) is 0 Å². The third kappa shape index (κ3) is 1.39.